The Morgan fingerprint density at radius 2 is 1.93 bits per heavy atom. The maximum Gasteiger partial charge on any atom is 0.319 e. The molecule has 29 heavy (non-hydrogen) atoms. The second kappa shape index (κ2) is 8.97. The first-order valence-corrected chi connectivity index (χ1v) is 9.84. The van der Waals surface area contributed by atoms with Gasteiger partial charge in [-0.3, -0.25) is 4.79 Å². The molecule has 1 aliphatic rings. The summed E-state index contributed by atoms with van der Waals surface area (Å²) in [7, 11) is 0. The van der Waals surface area contributed by atoms with E-state index in [9.17, 15) is 14.0 Å². The molecular formula is C19H26FN7O2. The third-order valence-electron chi connectivity index (χ3n) is 5.24. The van der Waals surface area contributed by atoms with Crippen molar-refractivity contribution in [3.8, 4) is 5.69 Å². The van der Waals surface area contributed by atoms with Gasteiger partial charge >= 0.3 is 6.03 Å². The molecule has 0 aliphatic carbocycles. The van der Waals surface area contributed by atoms with Gasteiger partial charge in [0, 0.05) is 37.8 Å². The van der Waals surface area contributed by atoms with Crippen molar-refractivity contribution in [3.05, 3.63) is 29.8 Å². The highest BCUT2D eigenvalue weighted by Gasteiger charge is 2.29. The number of nitrogens with zero attached hydrogens (tertiary/aromatic N) is 6. The number of carbonyl (C=O) groups excluding carboxylic acids is 2. The average molecular weight is 403 g/mol. The zero-order valence-corrected chi connectivity index (χ0v) is 16.9. The molecule has 0 unspecified atom stereocenters. The number of anilines is 1. The van der Waals surface area contributed by atoms with Gasteiger partial charge in [0.15, 0.2) is 5.82 Å². The second-order valence-corrected chi connectivity index (χ2v) is 7.01. The van der Waals surface area contributed by atoms with Crippen LogP contribution < -0.4 is 5.32 Å². The van der Waals surface area contributed by atoms with Crippen LogP contribution >= 0.6 is 0 Å². The number of tetrazole rings is 1. The third kappa shape index (κ3) is 4.52. The fraction of sp³-hybridized carbons (Fsp3) is 0.526. The van der Waals surface area contributed by atoms with E-state index in [2.05, 4.69) is 20.8 Å². The normalized spacial score (nSPS) is 14.7. The second-order valence-electron chi connectivity index (χ2n) is 7.01. The lowest BCUT2D eigenvalue weighted by atomic mass is 9.96. The Balaban J connectivity index is 1.62. The lowest BCUT2D eigenvalue weighted by Crippen LogP contribution is -2.47. The summed E-state index contributed by atoms with van der Waals surface area (Å²) in [4.78, 5) is 28.7. The Bertz CT molecular complexity index is 873. The Morgan fingerprint density at radius 3 is 2.52 bits per heavy atom. The van der Waals surface area contributed by atoms with E-state index in [1.165, 1.54) is 22.9 Å². The molecule has 1 fully saturated rings. The summed E-state index contributed by atoms with van der Waals surface area (Å²) in [5.41, 5.74) is 0.646. The molecule has 1 aromatic heterocycles. The summed E-state index contributed by atoms with van der Waals surface area (Å²) in [6, 6.07) is 4.32. The third-order valence-corrected chi connectivity index (χ3v) is 5.24. The van der Waals surface area contributed by atoms with Crippen LogP contribution in [0, 0.1) is 18.7 Å². The van der Waals surface area contributed by atoms with Crippen LogP contribution in [0.3, 0.4) is 0 Å². The number of urea groups is 1. The highest BCUT2D eigenvalue weighted by Crippen LogP contribution is 2.23. The summed E-state index contributed by atoms with van der Waals surface area (Å²) in [5.74, 6) is -0.371. The van der Waals surface area contributed by atoms with Gasteiger partial charge in [0.05, 0.1) is 0 Å². The predicted octanol–water partition coefficient (Wildman–Crippen LogP) is 2.22. The maximum atomic E-state index is 14.2. The SMILES string of the molecule is CCN(CC)C(=O)N1CCC(C(=O)Nc2ccc(F)c(-n3nnnc3C)c2)CC1. The first-order valence-electron chi connectivity index (χ1n) is 9.84. The average Bonchev–Trinajstić information content (AvgIpc) is 3.16. The van der Waals surface area contributed by atoms with E-state index >= 15 is 0 Å². The van der Waals surface area contributed by atoms with Crippen LogP contribution in [0.1, 0.15) is 32.5 Å². The highest BCUT2D eigenvalue weighted by atomic mass is 19.1. The number of benzene rings is 1. The van der Waals surface area contributed by atoms with E-state index in [4.69, 9.17) is 0 Å². The number of aryl methyl sites for hydroxylation is 1. The highest BCUT2D eigenvalue weighted by molar-refractivity contribution is 5.93. The minimum atomic E-state index is -0.485. The van der Waals surface area contributed by atoms with E-state index in [-0.39, 0.29) is 23.5 Å². The Hall–Kier alpha value is -3.04. The Kier molecular flexibility index (Phi) is 6.40. The van der Waals surface area contributed by atoms with Gasteiger partial charge < -0.3 is 15.1 Å². The number of piperidine rings is 1. The smallest absolute Gasteiger partial charge is 0.319 e. The number of hydrogen-bond donors (Lipinski definition) is 1. The van der Waals surface area contributed by atoms with Crippen molar-refractivity contribution in [1.82, 2.24) is 30.0 Å². The van der Waals surface area contributed by atoms with Crippen molar-refractivity contribution in [1.29, 1.82) is 0 Å². The quantitative estimate of drug-likeness (QED) is 0.826. The monoisotopic (exact) mass is 403 g/mol. The summed E-state index contributed by atoms with van der Waals surface area (Å²) < 4.78 is 15.5. The van der Waals surface area contributed by atoms with Crippen LogP contribution in [0.25, 0.3) is 5.69 Å². The Labute approximate surface area is 168 Å². The number of nitrogens with one attached hydrogen (secondary N) is 1. The number of amides is 3. The van der Waals surface area contributed by atoms with E-state index in [1.807, 2.05) is 13.8 Å². The molecule has 3 amide bonds. The molecule has 0 radical (unpaired) electrons. The van der Waals surface area contributed by atoms with E-state index < -0.39 is 5.82 Å². The zero-order valence-electron chi connectivity index (χ0n) is 16.9. The molecule has 3 rings (SSSR count). The number of likely N-dealkylation sites (tertiary alicyclic amines) is 1. The molecule has 156 valence electrons. The maximum absolute atomic E-state index is 14.2. The molecule has 1 aliphatic heterocycles. The van der Waals surface area contributed by atoms with Crippen molar-refractivity contribution in [2.24, 2.45) is 5.92 Å². The summed E-state index contributed by atoms with van der Waals surface area (Å²) >= 11 is 0. The van der Waals surface area contributed by atoms with Gasteiger partial charge in [-0.05, 0) is 62.2 Å². The van der Waals surface area contributed by atoms with Gasteiger partial charge in [0.2, 0.25) is 5.91 Å². The molecule has 0 spiro atoms. The molecule has 2 aromatic rings. The number of aromatic nitrogens is 4. The van der Waals surface area contributed by atoms with Crippen molar-refractivity contribution in [2.75, 3.05) is 31.5 Å². The molecule has 1 N–H and O–H groups in total. The molecular weight excluding hydrogens is 377 g/mol. The van der Waals surface area contributed by atoms with Crippen LogP contribution in [-0.4, -0.2) is 68.1 Å². The van der Waals surface area contributed by atoms with Crippen molar-refractivity contribution in [3.63, 3.8) is 0 Å². The van der Waals surface area contributed by atoms with E-state index in [0.717, 1.165) is 0 Å². The lowest BCUT2D eigenvalue weighted by Gasteiger charge is -2.34. The minimum absolute atomic E-state index is 0.0221. The van der Waals surface area contributed by atoms with Gasteiger partial charge in [0.25, 0.3) is 0 Å². The number of hydrogen-bond acceptors (Lipinski definition) is 5. The van der Waals surface area contributed by atoms with Crippen LogP contribution in [0.4, 0.5) is 14.9 Å². The fourth-order valence-electron chi connectivity index (χ4n) is 3.48. The predicted molar refractivity (Wildman–Crippen MR) is 105 cm³/mol. The van der Waals surface area contributed by atoms with Gasteiger partial charge in [-0.2, -0.15) is 4.68 Å². The van der Waals surface area contributed by atoms with Crippen molar-refractivity contribution in [2.45, 2.75) is 33.6 Å². The summed E-state index contributed by atoms with van der Waals surface area (Å²) in [6.07, 6.45) is 1.19. The van der Waals surface area contributed by atoms with Crippen LogP contribution in [0.2, 0.25) is 0 Å². The summed E-state index contributed by atoms with van der Waals surface area (Å²) in [5, 5.41) is 13.9. The van der Waals surface area contributed by atoms with Gasteiger partial charge in [0.1, 0.15) is 11.5 Å². The zero-order chi connectivity index (χ0) is 21.0. The first-order chi connectivity index (χ1) is 13.9. The van der Waals surface area contributed by atoms with Crippen molar-refractivity contribution >= 4 is 17.6 Å². The van der Waals surface area contributed by atoms with Crippen LogP contribution in [0.15, 0.2) is 18.2 Å². The molecule has 0 bridgehead atoms. The van der Waals surface area contributed by atoms with Crippen LogP contribution in [-0.2, 0) is 4.79 Å². The topological polar surface area (TPSA) is 96.2 Å². The van der Waals surface area contributed by atoms with Gasteiger partial charge in [-0.15, -0.1) is 5.10 Å². The molecule has 0 atom stereocenters. The molecule has 0 saturated carbocycles. The molecule has 1 aromatic carbocycles. The van der Waals surface area contributed by atoms with Gasteiger partial charge in [-0.25, -0.2) is 9.18 Å². The lowest BCUT2D eigenvalue weighted by molar-refractivity contribution is -0.121. The Morgan fingerprint density at radius 1 is 1.24 bits per heavy atom. The number of carbonyl (C=O) groups is 2. The van der Waals surface area contributed by atoms with E-state index in [0.29, 0.717) is 50.5 Å². The molecule has 2 heterocycles. The minimum Gasteiger partial charge on any atom is -0.326 e. The first kappa shape index (κ1) is 20.7. The number of rotatable bonds is 5. The molecule has 1 saturated heterocycles. The number of halogens is 1. The largest absolute Gasteiger partial charge is 0.326 e. The fourth-order valence-corrected chi connectivity index (χ4v) is 3.48. The van der Waals surface area contributed by atoms with Crippen molar-refractivity contribution < 1.29 is 14.0 Å². The van der Waals surface area contributed by atoms with Crippen LogP contribution in [0.5, 0.6) is 0 Å². The van der Waals surface area contributed by atoms with E-state index in [1.54, 1.807) is 16.7 Å². The molecule has 9 nitrogen and oxygen atoms in total. The van der Waals surface area contributed by atoms with Gasteiger partial charge in [-0.1, -0.05) is 0 Å². The molecule has 10 heteroatoms. The summed E-state index contributed by atoms with van der Waals surface area (Å²) in [6.45, 7) is 8.01. The standard InChI is InChI=1S/C19H26FN7O2/c1-4-25(5-2)19(29)26-10-8-14(9-11-26)18(28)21-15-6-7-16(20)17(12-15)27-13(3)22-23-24-27/h6-7,12,14H,4-5,8-11H2,1-3H3,(H,21,28).